The molecule has 1 amide bonds. The topological polar surface area (TPSA) is 79.8 Å². The van der Waals surface area contributed by atoms with E-state index in [1.165, 1.54) is 11.8 Å². The van der Waals surface area contributed by atoms with Crippen molar-refractivity contribution in [2.75, 3.05) is 23.0 Å². The van der Waals surface area contributed by atoms with Crippen LogP contribution < -0.4 is 10.6 Å². The number of aryl methyl sites for hydroxylation is 2. The molecule has 31 heavy (non-hydrogen) atoms. The van der Waals surface area contributed by atoms with Crippen molar-refractivity contribution in [2.45, 2.75) is 27.2 Å². The minimum atomic E-state index is -0.323. The van der Waals surface area contributed by atoms with Crippen LogP contribution in [0.3, 0.4) is 0 Å². The molecule has 0 bridgehead atoms. The first-order chi connectivity index (χ1) is 14.8. The summed E-state index contributed by atoms with van der Waals surface area (Å²) in [5.41, 5.74) is 5.11. The molecule has 1 aliphatic heterocycles. The van der Waals surface area contributed by atoms with Crippen molar-refractivity contribution < 1.29 is 14.3 Å². The minimum absolute atomic E-state index is 0.0918. The highest BCUT2D eigenvalue weighted by molar-refractivity contribution is 8.14. The Labute approximate surface area is 191 Å². The molecule has 1 aliphatic rings. The average Bonchev–Trinajstić information content (AvgIpc) is 2.85. The fourth-order valence-corrected chi connectivity index (χ4v) is 3.87. The van der Waals surface area contributed by atoms with Crippen LogP contribution in [0.25, 0.3) is 0 Å². The Morgan fingerprint density at radius 1 is 1.19 bits per heavy atom. The molecule has 0 spiro atoms. The van der Waals surface area contributed by atoms with Crippen molar-refractivity contribution in [1.29, 1.82) is 0 Å². The molecule has 1 heterocycles. The maximum absolute atomic E-state index is 12.4. The fourth-order valence-electron chi connectivity index (χ4n) is 2.94. The lowest BCUT2D eigenvalue weighted by molar-refractivity contribution is -0.142. The number of halogens is 1. The first-order valence-electron chi connectivity index (χ1n) is 9.85. The molecule has 0 unspecified atom stereocenters. The predicted octanol–water partition coefficient (Wildman–Crippen LogP) is 5.62. The average molecular weight is 458 g/mol. The number of fused-ring (bicyclic) bond motifs is 1. The van der Waals surface area contributed by atoms with E-state index in [1.54, 1.807) is 37.3 Å². The SMILES string of the molecule is CCOC(=O)CC1=CC(SCC(=O)Nc2cccc(Cl)c2)=Nc2cc(C)c(C)cc2N1. The van der Waals surface area contributed by atoms with Gasteiger partial charge in [0.2, 0.25) is 5.91 Å². The van der Waals surface area contributed by atoms with E-state index in [2.05, 4.69) is 10.6 Å². The predicted molar refractivity (Wildman–Crippen MR) is 129 cm³/mol. The molecule has 162 valence electrons. The highest BCUT2D eigenvalue weighted by Gasteiger charge is 2.17. The number of carbonyl (C=O) groups is 2. The summed E-state index contributed by atoms with van der Waals surface area (Å²) in [6, 6.07) is 11.0. The molecule has 2 aromatic carbocycles. The van der Waals surface area contributed by atoms with Gasteiger partial charge in [-0.05, 0) is 68.3 Å². The molecule has 2 aromatic rings. The van der Waals surface area contributed by atoms with Crippen LogP contribution in [0.15, 0.2) is 53.2 Å². The van der Waals surface area contributed by atoms with E-state index in [9.17, 15) is 9.59 Å². The normalized spacial score (nSPS) is 12.6. The second kappa shape index (κ2) is 10.5. The number of nitrogens with zero attached hydrogens (tertiary/aromatic N) is 1. The summed E-state index contributed by atoms with van der Waals surface area (Å²) in [7, 11) is 0. The summed E-state index contributed by atoms with van der Waals surface area (Å²) in [5, 5.41) is 7.31. The number of benzene rings is 2. The van der Waals surface area contributed by atoms with Gasteiger partial charge in [-0.3, -0.25) is 9.59 Å². The zero-order chi connectivity index (χ0) is 22.4. The molecule has 0 saturated heterocycles. The van der Waals surface area contributed by atoms with Gasteiger partial charge in [0.15, 0.2) is 0 Å². The monoisotopic (exact) mass is 457 g/mol. The summed E-state index contributed by atoms with van der Waals surface area (Å²) < 4.78 is 5.08. The van der Waals surface area contributed by atoms with Crippen LogP contribution in [-0.4, -0.2) is 29.3 Å². The number of esters is 1. The number of aliphatic imine (C=N–C) groups is 1. The smallest absolute Gasteiger partial charge is 0.311 e. The van der Waals surface area contributed by atoms with Crippen LogP contribution in [0.4, 0.5) is 17.1 Å². The number of nitrogens with one attached hydrogen (secondary N) is 2. The van der Waals surface area contributed by atoms with Crippen molar-refractivity contribution >= 4 is 57.3 Å². The molecular weight excluding hydrogens is 434 g/mol. The first-order valence-corrected chi connectivity index (χ1v) is 11.2. The highest BCUT2D eigenvalue weighted by atomic mass is 35.5. The second-order valence-corrected chi connectivity index (χ2v) is 8.46. The number of hydrogen-bond donors (Lipinski definition) is 2. The third-order valence-electron chi connectivity index (χ3n) is 4.54. The number of hydrogen-bond acceptors (Lipinski definition) is 6. The lowest BCUT2D eigenvalue weighted by atomic mass is 10.1. The van der Waals surface area contributed by atoms with E-state index in [0.717, 1.165) is 22.5 Å². The Bertz CT molecular complexity index is 1070. The number of thioether (sulfide) groups is 1. The van der Waals surface area contributed by atoms with Crippen molar-refractivity contribution in [3.8, 4) is 0 Å². The van der Waals surface area contributed by atoms with Crippen LogP contribution in [0, 0.1) is 13.8 Å². The quantitative estimate of drug-likeness (QED) is 0.550. The Hall–Kier alpha value is -2.77. The summed E-state index contributed by atoms with van der Waals surface area (Å²) >= 11 is 7.27. The van der Waals surface area contributed by atoms with Crippen LogP contribution >= 0.6 is 23.4 Å². The molecule has 0 fully saturated rings. The summed E-state index contributed by atoms with van der Waals surface area (Å²) in [4.78, 5) is 29.2. The van der Waals surface area contributed by atoms with Gasteiger partial charge in [0.25, 0.3) is 0 Å². The molecule has 6 nitrogen and oxygen atoms in total. The van der Waals surface area contributed by atoms with Crippen molar-refractivity contribution in [3.63, 3.8) is 0 Å². The van der Waals surface area contributed by atoms with E-state index < -0.39 is 0 Å². The number of rotatable bonds is 6. The van der Waals surface area contributed by atoms with E-state index in [4.69, 9.17) is 21.3 Å². The van der Waals surface area contributed by atoms with E-state index >= 15 is 0 Å². The minimum Gasteiger partial charge on any atom is -0.466 e. The number of amides is 1. The lowest BCUT2D eigenvalue weighted by Crippen LogP contribution is -2.15. The molecule has 0 atom stereocenters. The van der Waals surface area contributed by atoms with Crippen molar-refractivity contribution in [3.05, 3.63) is 64.3 Å². The first kappa shape index (κ1) is 22.9. The van der Waals surface area contributed by atoms with E-state index in [0.29, 0.717) is 28.1 Å². The van der Waals surface area contributed by atoms with Gasteiger partial charge in [-0.25, -0.2) is 4.99 Å². The summed E-state index contributed by atoms with van der Waals surface area (Å²) in [6.07, 6.45) is 1.88. The molecule has 8 heteroatoms. The lowest BCUT2D eigenvalue weighted by Gasteiger charge is -2.12. The zero-order valence-corrected chi connectivity index (χ0v) is 19.2. The van der Waals surface area contributed by atoms with Gasteiger partial charge in [-0.1, -0.05) is 29.4 Å². The van der Waals surface area contributed by atoms with Crippen molar-refractivity contribution in [1.82, 2.24) is 0 Å². The molecule has 2 N–H and O–H groups in total. The van der Waals surface area contributed by atoms with Crippen LogP contribution in [0.2, 0.25) is 5.02 Å². The van der Waals surface area contributed by atoms with E-state index in [1.807, 2.05) is 26.0 Å². The number of anilines is 2. The largest absolute Gasteiger partial charge is 0.466 e. The van der Waals surface area contributed by atoms with Gasteiger partial charge in [-0.15, -0.1) is 0 Å². The van der Waals surface area contributed by atoms with Gasteiger partial charge in [-0.2, -0.15) is 0 Å². The maximum Gasteiger partial charge on any atom is 0.311 e. The second-order valence-electron chi connectivity index (χ2n) is 7.03. The van der Waals surface area contributed by atoms with Gasteiger partial charge >= 0.3 is 5.97 Å². The van der Waals surface area contributed by atoms with E-state index in [-0.39, 0.29) is 24.1 Å². The van der Waals surface area contributed by atoms with Gasteiger partial charge in [0, 0.05) is 16.4 Å². The van der Waals surface area contributed by atoms with Gasteiger partial charge < -0.3 is 15.4 Å². The zero-order valence-electron chi connectivity index (χ0n) is 17.6. The molecule has 0 aliphatic carbocycles. The third kappa shape index (κ3) is 6.60. The molecule has 0 radical (unpaired) electrons. The summed E-state index contributed by atoms with van der Waals surface area (Å²) in [5.74, 6) is -0.334. The Morgan fingerprint density at radius 2 is 1.97 bits per heavy atom. The standard InChI is InChI=1S/C23H24ClN3O3S/c1-4-30-23(29)12-18-11-22(27-20-9-15(3)14(2)8-19(20)25-18)31-13-21(28)26-17-7-5-6-16(24)10-17/h5-11,25H,4,12-13H2,1-3H3,(H,26,28). The Kier molecular flexibility index (Phi) is 7.76. The number of ether oxygens (including phenoxy) is 1. The van der Waals surface area contributed by atoms with Crippen LogP contribution in [-0.2, 0) is 14.3 Å². The Morgan fingerprint density at radius 3 is 2.71 bits per heavy atom. The number of carbonyl (C=O) groups excluding carboxylic acids is 2. The van der Waals surface area contributed by atoms with Crippen LogP contribution in [0.5, 0.6) is 0 Å². The molecule has 0 saturated carbocycles. The fraction of sp³-hybridized carbons (Fsp3) is 0.261. The van der Waals surface area contributed by atoms with Gasteiger partial charge in [0.05, 0.1) is 35.2 Å². The third-order valence-corrected chi connectivity index (χ3v) is 5.68. The molecular formula is C23H24ClN3O3S. The maximum atomic E-state index is 12.4. The highest BCUT2D eigenvalue weighted by Crippen LogP contribution is 2.34. The Balaban J connectivity index is 1.78. The van der Waals surface area contributed by atoms with Gasteiger partial charge in [0.1, 0.15) is 0 Å². The van der Waals surface area contributed by atoms with Crippen LogP contribution in [0.1, 0.15) is 24.5 Å². The summed E-state index contributed by atoms with van der Waals surface area (Å²) in [6.45, 7) is 6.14. The molecule has 0 aromatic heterocycles. The molecule has 3 rings (SSSR count). The van der Waals surface area contributed by atoms with Crippen molar-refractivity contribution in [2.24, 2.45) is 4.99 Å².